The molecule has 18 heavy (non-hydrogen) atoms. The van der Waals surface area contributed by atoms with E-state index in [1.807, 2.05) is 0 Å². The molecule has 5 atom stereocenters. The molecule has 6 nitrogen and oxygen atoms in total. The summed E-state index contributed by atoms with van der Waals surface area (Å²) in [4.78, 5) is 11.7. The molecule has 2 saturated heterocycles. The van der Waals surface area contributed by atoms with E-state index < -0.39 is 6.10 Å². The summed E-state index contributed by atoms with van der Waals surface area (Å²) in [5, 5.41) is 12.9. The van der Waals surface area contributed by atoms with E-state index in [0.717, 1.165) is 12.8 Å². The first-order valence-electron chi connectivity index (χ1n) is 6.66. The van der Waals surface area contributed by atoms with Crippen LogP contribution < -0.4 is 11.1 Å². The zero-order valence-electron chi connectivity index (χ0n) is 10.2. The number of ether oxygens (including phenoxy) is 2. The SMILES string of the molecule is NC[C@H]1O[C@@H]2C[C@H](CC(=O)NC3CC3)O[C@@H]2[C@@H]1O. The Kier molecular flexibility index (Phi) is 3.27. The molecule has 1 aliphatic carbocycles. The van der Waals surface area contributed by atoms with Gasteiger partial charge in [-0.05, 0) is 12.8 Å². The number of nitrogens with two attached hydrogens (primary N) is 1. The Hall–Kier alpha value is -0.690. The summed E-state index contributed by atoms with van der Waals surface area (Å²) >= 11 is 0. The van der Waals surface area contributed by atoms with Gasteiger partial charge in [-0.3, -0.25) is 4.79 Å². The lowest BCUT2D eigenvalue weighted by Gasteiger charge is -2.18. The predicted molar refractivity (Wildman–Crippen MR) is 62.8 cm³/mol. The van der Waals surface area contributed by atoms with Crippen molar-refractivity contribution in [3.63, 3.8) is 0 Å². The van der Waals surface area contributed by atoms with Gasteiger partial charge in [0.25, 0.3) is 0 Å². The Bertz CT molecular complexity index is 334. The van der Waals surface area contributed by atoms with Crippen molar-refractivity contribution in [3.8, 4) is 0 Å². The molecular formula is C12H20N2O4. The van der Waals surface area contributed by atoms with Gasteiger partial charge in [0, 0.05) is 19.0 Å². The largest absolute Gasteiger partial charge is 0.388 e. The third-order valence-electron chi connectivity index (χ3n) is 3.87. The molecule has 1 saturated carbocycles. The number of aliphatic hydroxyl groups is 1. The van der Waals surface area contributed by atoms with Gasteiger partial charge in [-0.1, -0.05) is 0 Å². The molecule has 4 N–H and O–H groups in total. The Labute approximate surface area is 106 Å². The normalized spacial score (nSPS) is 42.9. The molecule has 2 aliphatic heterocycles. The van der Waals surface area contributed by atoms with Crippen molar-refractivity contribution >= 4 is 5.91 Å². The second-order valence-corrected chi connectivity index (χ2v) is 5.44. The van der Waals surface area contributed by atoms with Crippen LogP contribution in [0, 0.1) is 0 Å². The molecule has 3 rings (SSSR count). The van der Waals surface area contributed by atoms with Crippen molar-refractivity contribution < 1.29 is 19.4 Å². The van der Waals surface area contributed by atoms with Crippen LogP contribution in [-0.4, -0.2) is 54.1 Å². The van der Waals surface area contributed by atoms with E-state index in [1.54, 1.807) is 0 Å². The minimum Gasteiger partial charge on any atom is -0.388 e. The Morgan fingerprint density at radius 1 is 1.39 bits per heavy atom. The first kappa shape index (κ1) is 12.3. The molecular weight excluding hydrogens is 236 g/mol. The summed E-state index contributed by atoms with van der Waals surface area (Å²) < 4.78 is 11.3. The van der Waals surface area contributed by atoms with E-state index in [1.165, 1.54) is 0 Å². The lowest BCUT2D eigenvalue weighted by Crippen LogP contribution is -2.37. The molecule has 2 heterocycles. The smallest absolute Gasteiger partial charge is 0.222 e. The molecule has 0 bridgehead atoms. The number of rotatable bonds is 4. The first-order chi connectivity index (χ1) is 8.67. The van der Waals surface area contributed by atoms with E-state index in [2.05, 4.69) is 5.32 Å². The van der Waals surface area contributed by atoms with Gasteiger partial charge in [0.1, 0.15) is 12.2 Å². The van der Waals surface area contributed by atoms with E-state index in [-0.39, 0.29) is 30.3 Å². The van der Waals surface area contributed by atoms with E-state index in [0.29, 0.717) is 25.4 Å². The van der Waals surface area contributed by atoms with E-state index in [4.69, 9.17) is 15.2 Å². The van der Waals surface area contributed by atoms with Gasteiger partial charge in [-0.15, -0.1) is 0 Å². The maximum Gasteiger partial charge on any atom is 0.222 e. The summed E-state index contributed by atoms with van der Waals surface area (Å²) in [6.07, 6.45) is 1.60. The molecule has 0 radical (unpaired) electrons. The van der Waals surface area contributed by atoms with Crippen molar-refractivity contribution in [2.24, 2.45) is 5.73 Å². The maximum atomic E-state index is 11.7. The fourth-order valence-electron chi connectivity index (χ4n) is 2.76. The molecule has 0 aromatic rings. The van der Waals surface area contributed by atoms with Gasteiger partial charge in [0.05, 0.1) is 24.7 Å². The highest BCUT2D eigenvalue weighted by molar-refractivity contribution is 5.77. The topological polar surface area (TPSA) is 93.8 Å². The van der Waals surface area contributed by atoms with Gasteiger partial charge in [-0.25, -0.2) is 0 Å². The lowest BCUT2D eigenvalue weighted by atomic mass is 10.1. The second kappa shape index (κ2) is 4.77. The zero-order valence-corrected chi connectivity index (χ0v) is 10.2. The first-order valence-corrected chi connectivity index (χ1v) is 6.66. The van der Waals surface area contributed by atoms with Crippen LogP contribution in [-0.2, 0) is 14.3 Å². The molecule has 3 aliphatic rings. The standard InChI is InChI=1S/C12H20N2O4/c13-5-9-11(16)12-8(18-9)3-7(17-12)4-10(15)14-6-1-2-6/h6-9,11-12,16H,1-5,13H2,(H,14,15)/t7-,8-,9-,11-,12+/m1/s1. The molecule has 0 aromatic carbocycles. The van der Waals surface area contributed by atoms with Gasteiger partial charge < -0.3 is 25.6 Å². The van der Waals surface area contributed by atoms with Crippen molar-refractivity contribution in [1.29, 1.82) is 0 Å². The van der Waals surface area contributed by atoms with Crippen molar-refractivity contribution in [1.82, 2.24) is 5.32 Å². The molecule has 6 heteroatoms. The summed E-state index contributed by atoms with van der Waals surface area (Å²) in [6.45, 7) is 0.296. The van der Waals surface area contributed by atoms with Crippen LogP contribution in [0.3, 0.4) is 0 Å². The maximum absolute atomic E-state index is 11.7. The summed E-state index contributed by atoms with van der Waals surface area (Å²) in [6, 6.07) is 0.377. The number of carbonyl (C=O) groups excluding carboxylic acids is 1. The molecule has 0 aromatic heterocycles. The summed E-state index contributed by atoms with van der Waals surface area (Å²) in [5.41, 5.74) is 5.50. The van der Waals surface area contributed by atoms with Crippen molar-refractivity contribution in [2.45, 2.75) is 62.2 Å². The minimum atomic E-state index is -0.670. The van der Waals surface area contributed by atoms with Gasteiger partial charge >= 0.3 is 0 Å². The summed E-state index contributed by atoms with van der Waals surface area (Å²) in [7, 11) is 0. The summed E-state index contributed by atoms with van der Waals surface area (Å²) in [5.74, 6) is 0.0346. The van der Waals surface area contributed by atoms with Gasteiger partial charge in [0.2, 0.25) is 5.91 Å². The third kappa shape index (κ3) is 2.38. The van der Waals surface area contributed by atoms with E-state index >= 15 is 0 Å². The monoisotopic (exact) mass is 256 g/mol. The number of fused-ring (bicyclic) bond motifs is 1. The van der Waals surface area contributed by atoms with Crippen LogP contribution in [0.1, 0.15) is 25.7 Å². The van der Waals surface area contributed by atoms with Crippen LogP contribution >= 0.6 is 0 Å². The predicted octanol–water partition coefficient (Wildman–Crippen LogP) is -1.10. The van der Waals surface area contributed by atoms with Gasteiger partial charge in [-0.2, -0.15) is 0 Å². The third-order valence-corrected chi connectivity index (χ3v) is 3.87. The van der Waals surface area contributed by atoms with Crippen LogP contribution in [0.15, 0.2) is 0 Å². The number of amides is 1. The van der Waals surface area contributed by atoms with Crippen LogP contribution in [0.25, 0.3) is 0 Å². The lowest BCUT2D eigenvalue weighted by molar-refractivity contribution is -0.124. The number of hydrogen-bond donors (Lipinski definition) is 3. The number of carbonyl (C=O) groups is 1. The minimum absolute atomic E-state index is 0.0346. The fourth-order valence-corrected chi connectivity index (χ4v) is 2.76. The molecule has 102 valence electrons. The number of hydrogen-bond acceptors (Lipinski definition) is 5. The Morgan fingerprint density at radius 3 is 2.78 bits per heavy atom. The quantitative estimate of drug-likeness (QED) is 0.593. The Morgan fingerprint density at radius 2 is 2.17 bits per heavy atom. The number of aliphatic hydroxyl groups excluding tert-OH is 1. The van der Waals surface area contributed by atoms with Crippen molar-refractivity contribution in [2.75, 3.05) is 6.54 Å². The molecule has 0 unspecified atom stereocenters. The highest BCUT2D eigenvalue weighted by Gasteiger charge is 2.50. The van der Waals surface area contributed by atoms with Crippen LogP contribution in [0.2, 0.25) is 0 Å². The average Bonchev–Trinajstić information content (AvgIpc) is 2.97. The molecule has 3 fully saturated rings. The van der Waals surface area contributed by atoms with E-state index in [9.17, 15) is 9.90 Å². The van der Waals surface area contributed by atoms with Crippen molar-refractivity contribution in [3.05, 3.63) is 0 Å². The highest BCUT2D eigenvalue weighted by atomic mass is 16.6. The fraction of sp³-hybridized carbons (Fsp3) is 0.917. The van der Waals surface area contributed by atoms with Gasteiger partial charge in [0.15, 0.2) is 0 Å². The molecule has 1 amide bonds. The van der Waals surface area contributed by atoms with Crippen LogP contribution in [0.4, 0.5) is 0 Å². The second-order valence-electron chi connectivity index (χ2n) is 5.44. The highest BCUT2D eigenvalue weighted by Crippen LogP contribution is 2.35. The molecule has 0 spiro atoms. The van der Waals surface area contributed by atoms with Crippen LogP contribution in [0.5, 0.6) is 0 Å². The number of nitrogens with one attached hydrogen (secondary N) is 1. The average molecular weight is 256 g/mol. The Balaban J connectivity index is 1.49. The zero-order chi connectivity index (χ0) is 12.7.